The fourth-order valence-electron chi connectivity index (χ4n) is 5.65. The molecule has 1 N–H and O–H groups in total. The van der Waals surface area contributed by atoms with Crippen LogP contribution in [0.3, 0.4) is 0 Å². The lowest BCUT2D eigenvalue weighted by Crippen LogP contribution is -2.55. The van der Waals surface area contributed by atoms with Gasteiger partial charge < -0.3 is 28.8 Å². The summed E-state index contributed by atoms with van der Waals surface area (Å²) in [6, 6.07) is 0. The monoisotopic (exact) mass is 394 g/mol. The second-order valence-electron chi connectivity index (χ2n) is 9.54. The zero-order valence-corrected chi connectivity index (χ0v) is 17.4. The minimum Gasteiger partial charge on any atom is -0.393 e. The molecule has 4 fully saturated rings. The lowest BCUT2D eigenvalue weighted by Gasteiger charge is -2.47. The van der Waals surface area contributed by atoms with Crippen molar-refractivity contribution in [2.45, 2.75) is 89.2 Å². The molecule has 0 aromatic rings. The van der Waals surface area contributed by atoms with Crippen LogP contribution in [-0.4, -0.2) is 54.0 Å². The molecule has 0 aromatic carbocycles. The second kappa shape index (κ2) is 6.89. The Morgan fingerprint density at radius 1 is 0.964 bits per heavy atom. The first-order valence-electron chi connectivity index (χ1n) is 10.4. The molecule has 8 atom stereocenters. The molecule has 1 aliphatic carbocycles. The Hall–Kier alpha value is -0.760. The maximum atomic E-state index is 11.1. The second-order valence-corrected chi connectivity index (χ2v) is 9.54. The zero-order chi connectivity index (χ0) is 20.3. The highest BCUT2D eigenvalue weighted by atomic mass is 16.8. The van der Waals surface area contributed by atoms with Crippen molar-refractivity contribution in [2.24, 2.45) is 17.3 Å². The van der Waals surface area contributed by atoms with E-state index in [0.29, 0.717) is 18.9 Å². The molecule has 3 saturated heterocycles. The predicted octanol–water partition coefficient (Wildman–Crippen LogP) is 3.15. The molecule has 6 nitrogen and oxygen atoms in total. The maximum Gasteiger partial charge on any atom is 0.188 e. The standard InChI is InChI=1S/C22H34O6/c1-7-13-9-10-14(15(23)11-13)22(8-2)17(16-12-24-20(3,4)26-16)25-19-18(22)27-21(5,6)28-19/h7-8,13-19,23H,1-2,9-12H2,3-6H3/t13-,14+,15-,16?,17+,18-,19+,22-/m0/s1. The van der Waals surface area contributed by atoms with Crippen molar-refractivity contribution in [2.75, 3.05) is 6.61 Å². The summed E-state index contributed by atoms with van der Waals surface area (Å²) in [5.74, 6) is -1.15. The van der Waals surface area contributed by atoms with Crippen molar-refractivity contribution < 1.29 is 28.8 Å². The fourth-order valence-corrected chi connectivity index (χ4v) is 5.65. The van der Waals surface area contributed by atoms with Gasteiger partial charge in [0, 0.05) is 0 Å². The van der Waals surface area contributed by atoms with Gasteiger partial charge in [0.15, 0.2) is 17.9 Å². The van der Waals surface area contributed by atoms with E-state index in [2.05, 4.69) is 13.2 Å². The highest BCUT2D eigenvalue weighted by molar-refractivity contribution is 5.19. The number of aliphatic hydroxyl groups is 1. The van der Waals surface area contributed by atoms with Crippen molar-refractivity contribution in [3.05, 3.63) is 25.3 Å². The highest BCUT2D eigenvalue weighted by Crippen LogP contribution is 2.58. The van der Waals surface area contributed by atoms with Gasteiger partial charge in [-0.3, -0.25) is 0 Å². The molecule has 0 aromatic heterocycles. The summed E-state index contributed by atoms with van der Waals surface area (Å²) in [5, 5.41) is 11.1. The van der Waals surface area contributed by atoms with E-state index in [9.17, 15) is 5.11 Å². The van der Waals surface area contributed by atoms with Crippen LogP contribution >= 0.6 is 0 Å². The molecule has 158 valence electrons. The summed E-state index contributed by atoms with van der Waals surface area (Å²) < 4.78 is 30.8. The molecule has 0 amide bonds. The average Bonchev–Trinajstić information content (AvgIpc) is 3.22. The number of hydrogen-bond donors (Lipinski definition) is 1. The van der Waals surface area contributed by atoms with Crippen LogP contribution in [0.15, 0.2) is 25.3 Å². The normalized spacial score (nSPS) is 49.7. The Morgan fingerprint density at radius 3 is 2.29 bits per heavy atom. The Bertz CT molecular complexity index is 631. The molecule has 4 aliphatic rings. The molecule has 1 saturated carbocycles. The number of allylic oxidation sites excluding steroid dienone is 1. The Balaban J connectivity index is 1.70. The minimum atomic E-state index is -0.746. The third-order valence-electron chi connectivity index (χ3n) is 6.88. The third kappa shape index (κ3) is 3.18. The zero-order valence-electron chi connectivity index (χ0n) is 17.4. The van der Waals surface area contributed by atoms with Crippen molar-refractivity contribution >= 4 is 0 Å². The number of rotatable bonds is 4. The molecule has 6 heteroatoms. The van der Waals surface area contributed by atoms with Crippen LogP contribution in [0.5, 0.6) is 0 Å². The summed E-state index contributed by atoms with van der Waals surface area (Å²) in [5.41, 5.74) is -0.627. The van der Waals surface area contributed by atoms with Gasteiger partial charge in [-0.05, 0) is 58.8 Å². The first-order chi connectivity index (χ1) is 13.1. The first-order valence-corrected chi connectivity index (χ1v) is 10.4. The number of fused-ring (bicyclic) bond motifs is 1. The first kappa shape index (κ1) is 20.5. The summed E-state index contributed by atoms with van der Waals surface area (Å²) in [6.07, 6.45) is 4.36. The number of aliphatic hydroxyl groups excluding tert-OH is 1. The van der Waals surface area contributed by atoms with Crippen molar-refractivity contribution in [1.82, 2.24) is 0 Å². The Morgan fingerprint density at radius 2 is 1.71 bits per heavy atom. The van der Waals surface area contributed by atoms with Gasteiger partial charge in [0.2, 0.25) is 0 Å². The van der Waals surface area contributed by atoms with Crippen LogP contribution in [0.2, 0.25) is 0 Å². The van der Waals surface area contributed by atoms with E-state index < -0.39 is 29.4 Å². The van der Waals surface area contributed by atoms with Crippen LogP contribution in [0, 0.1) is 17.3 Å². The predicted molar refractivity (Wildman–Crippen MR) is 103 cm³/mol. The van der Waals surface area contributed by atoms with Gasteiger partial charge in [-0.15, -0.1) is 13.2 Å². The lowest BCUT2D eigenvalue weighted by molar-refractivity contribution is -0.241. The van der Waals surface area contributed by atoms with Crippen LogP contribution in [0.1, 0.15) is 47.0 Å². The van der Waals surface area contributed by atoms with Gasteiger partial charge in [0.1, 0.15) is 18.3 Å². The van der Waals surface area contributed by atoms with Crippen LogP contribution in [0.4, 0.5) is 0 Å². The van der Waals surface area contributed by atoms with Crippen molar-refractivity contribution in [3.63, 3.8) is 0 Å². The van der Waals surface area contributed by atoms with Gasteiger partial charge in [0.25, 0.3) is 0 Å². The van der Waals surface area contributed by atoms with Gasteiger partial charge in [-0.1, -0.05) is 12.2 Å². The molecule has 1 unspecified atom stereocenters. The van der Waals surface area contributed by atoms with Crippen LogP contribution in [0.25, 0.3) is 0 Å². The molecule has 28 heavy (non-hydrogen) atoms. The van der Waals surface area contributed by atoms with E-state index >= 15 is 0 Å². The van der Waals surface area contributed by atoms with Gasteiger partial charge >= 0.3 is 0 Å². The van der Waals surface area contributed by atoms with E-state index in [1.54, 1.807) is 0 Å². The van der Waals surface area contributed by atoms with Gasteiger partial charge in [-0.25, -0.2) is 0 Å². The smallest absolute Gasteiger partial charge is 0.188 e. The van der Waals surface area contributed by atoms with Crippen molar-refractivity contribution in [3.8, 4) is 0 Å². The summed E-state index contributed by atoms with van der Waals surface area (Å²) in [7, 11) is 0. The largest absolute Gasteiger partial charge is 0.393 e. The minimum absolute atomic E-state index is 0.0639. The summed E-state index contributed by atoms with van der Waals surface area (Å²) in [4.78, 5) is 0. The third-order valence-corrected chi connectivity index (χ3v) is 6.88. The number of hydrogen-bond acceptors (Lipinski definition) is 6. The van der Waals surface area contributed by atoms with Gasteiger partial charge in [-0.2, -0.15) is 0 Å². The molecule has 3 heterocycles. The summed E-state index contributed by atoms with van der Waals surface area (Å²) in [6.45, 7) is 16.1. The molecule has 0 bridgehead atoms. The fraction of sp³-hybridized carbons (Fsp3) is 0.818. The Kier molecular flexibility index (Phi) is 5.05. The maximum absolute atomic E-state index is 11.1. The lowest BCUT2D eigenvalue weighted by atomic mass is 9.60. The Labute approximate surface area is 167 Å². The van der Waals surface area contributed by atoms with Crippen LogP contribution in [-0.2, 0) is 23.7 Å². The van der Waals surface area contributed by atoms with E-state index in [1.807, 2.05) is 39.8 Å². The van der Waals surface area contributed by atoms with E-state index in [1.165, 1.54) is 0 Å². The molecule has 3 aliphatic heterocycles. The molecular formula is C22H34O6. The SMILES string of the molecule is C=C[C@H]1CC[C@@H]([C@@]2(C=C)[C@@H](C3COC(C)(C)O3)O[C@@H]3OC(C)(C)O[C@@H]32)[C@@H](O)C1. The molecular weight excluding hydrogens is 360 g/mol. The van der Waals surface area contributed by atoms with Crippen LogP contribution < -0.4 is 0 Å². The molecule has 4 rings (SSSR count). The summed E-state index contributed by atoms with van der Waals surface area (Å²) >= 11 is 0. The average molecular weight is 395 g/mol. The molecule has 0 spiro atoms. The van der Waals surface area contributed by atoms with Gasteiger partial charge in [0.05, 0.1) is 18.1 Å². The van der Waals surface area contributed by atoms with E-state index in [-0.39, 0.29) is 24.2 Å². The van der Waals surface area contributed by atoms with E-state index in [0.717, 1.165) is 12.8 Å². The highest BCUT2D eigenvalue weighted by Gasteiger charge is 2.68. The van der Waals surface area contributed by atoms with Crippen molar-refractivity contribution in [1.29, 1.82) is 0 Å². The van der Waals surface area contributed by atoms with E-state index in [4.69, 9.17) is 23.7 Å². The quantitative estimate of drug-likeness (QED) is 0.739. The molecule has 0 radical (unpaired) electrons. The topological polar surface area (TPSA) is 66.4 Å². The number of ether oxygens (including phenoxy) is 5.